The number of nitrogens with one attached hydrogen (secondary N) is 3. The van der Waals surface area contributed by atoms with Crippen molar-refractivity contribution in [1.82, 2.24) is 5.32 Å². The maximum atomic E-state index is 13.2. The molecule has 0 aliphatic rings. The molecule has 202 valence electrons. The lowest BCUT2D eigenvalue weighted by Gasteiger charge is -2.14. The Kier molecular flexibility index (Phi) is 9.94. The van der Waals surface area contributed by atoms with Crippen LogP contribution in [0.5, 0.6) is 0 Å². The van der Waals surface area contributed by atoms with Gasteiger partial charge in [0, 0.05) is 26.3 Å². The van der Waals surface area contributed by atoms with Gasteiger partial charge in [-0.15, -0.1) is 11.8 Å². The van der Waals surface area contributed by atoms with Crippen molar-refractivity contribution in [2.75, 3.05) is 10.6 Å². The molecule has 0 spiro atoms. The van der Waals surface area contributed by atoms with Gasteiger partial charge in [-0.2, -0.15) is 0 Å². The first-order valence-electron chi connectivity index (χ1n) is 12.6. The number of anilines is 2. The summed E-state index contributed by atoms with van der Waals surface area (Å²) in [6.07, 6.45) is 1.63. The smallest absolute Gasteiger partial charge is 0.272 e. The molecule has 1 unspecified atom stereocenters. The van der Waals surface area contributed by atoms with E-state index in [4.69, 9.17) is 0 Å². The summed E-state index contributed by atoms with van der Waals surface area (Å²) in [5, 5.41) is 8.24. The SMILES string of the molecule is Cc1ccccc1NC(=O)C(C)Sc1ccc(NC(=O)/C(=C/c2ccc(Br)cc2)NC(=O)c2ccccc2)cc1. The van der Waals surface area contributed by atoms with Gasteiger partial charge in [0.15, 0.2) is 0 Å². The summed E-state index contributed by atoms with van der Waals surface area (Å²) in [7, 11) is 0. The molecule has 0 aliphatic carbocycles. The Labute approximate surface area is 246 Å². The van der Waals surface area contributed by atoms with E-state index in [0.717, 1.165) is 26.2 Å². The van der Waals surface area contributed by atoms with Crippen molar-refractivity contribution in [1.29, 1.82) is 0 Å². The van der Waals surface area contributed by atoms with Gasteiger partial charge in [0.1, 0.15) is 5.70 Å². The van der Waals surface area contributed by atoms with Crippen LogP contribution in [0.4, 0.5) is 11.4 Å². The fourth-order valence-electron chi connectivity index (χ4n) is 3.69. The minimum atomic E-state index is -0.460. The Morgan fingerprint density at radius 3 is 2.12 bits per heavy atom. The van der Waals surface area contributed by atoms with Crippen molar-refractivity contribution in [3.63, 3.8) is 0 Å². The molecule has 3 N–H and O–H groups in total. The second-order valence-corrected chi connectivity index (χ2v) is 11.3. The van der Waals surface area contributed by atoms with Crippen molar-refractivity contribution in [2.24, 2.45) is 0 Å². The van der Waals surface area contributed by atoms with Gasteiger partial charge in [0.25, 0.3) is 11.8 Å². The van der Waals surface area contributed by atoms with E-state index in [2.05, 4.69) is 31.9 Å². The molecule has 0 aliphatic heterocycles. The highest BCUT2D eigenvalue weighted by atomic mass is 79.9. The Balaban J connectivity index is 1.43. The van der Waals surface area contributed by atoms with Crippen LogP contribution in [-0.4, -0.2) is 23.0 Å². The van der Waals surface area contributed by atoms with E-state index in [0.29, 0.717) is 11.3 Å². The summed E-state index contributed by atoms with van der Waals surface area (Å²) in [6.45, 7) is 3.80. The van der Waals surface area contributed by atoms with Crippen LogP contribution >= 0.6 is 27.7 Å². The predicted molar refractivity (Wildman–Crippen MR) is 166 cm³/mol. The Hall–Kier alpha value is -4.14. The van der Waals surface area contributed by atoms with Gasteiger partial charge >= 0.3 is 0 Å². The second-order valence-electron chi connectivity index (χ2n) is 8.97. The number of hydrogen-bond acceptors (Lipinski definition) is 4. The number of thioether (sulfide) groups is 1. The normalized spacial score (nSPS) is 11.8. The number of aryl methyl sites for hydroxylation is 1. The Morgan fingerprint density at radius 2 is 1.45 bits per heavy atom. The highest BCUT2D eigenvalue weighted by molar-refractivity contribution is 9.10. The summed E-state index contributed by atoms with van der Waals surface area (Å²) in [5.41, 5.74) is 3.66. The van der Waals surface area contributed by atoms with Crippen molar-refractivity contribution in [2.45, 2.75) is 24.0 Å². The largest absolute Gasteiger partial charge is 0.325 e. The first-order chi connectivity index (χ1) is 19.3. The first-order valence-corrected chi connectivity index (χ1v) is 14.2. The predicted octanol–water partition coefficient (Wildman–Crippen LogP) is 7.29. The molecule has 0 radical (unpaired) electrons. The van der Waals surface area contributed by atoms with Crippen LogP contribution in [0.3, 0.4) is 0 Å². The van der Waals surface area contributed by atoms with Crippen LogP contribution in [0.1, 0.15) is 28.4 Å². The summed E-state index contributed by atoms with van der Waals surface area (Å²) in [6, 6.07) is 31.0. The molecular formula is C32H28BrN3O3S. The number of para-hydroxylation sites is 1. The lowest BCUT2D eigenvalue weighted by atomic mass is 10.1. The Morgan fingerprint density at radius 1 is 0.800 bits per heavy atom. The zero-order valence-corrected chi connectivity index (χ0v) is 24.4. The van der Waals surface area contributed by atoms with Crippen molar-refractivity contribution in [3.8, 4) is 0 Å². The molecular weight excluding hydrogens is 586 g/mol. The topological polar surface area (TPSA) is 87.3 Å². The standard InChI is InChI=1S/C32H28BrN3O3S/c1-21-8-6-7-11-28(21)35-30(37)22(2)40-27-18-16-26(17-19-27)34-32(39)29(20-23-12-14-25(33)15-13-23)36-31(38)24-9-4-3-5-10-24/h3-20,22H,1-2H3,(H,34,39)(H,35,37)(H,36,38)/b29-20-. The maximum Gasteiger partial charge on any atom is 0.272 e. The van der Waals surface area contributed by atoms with Crippen LogP contribution in [0.25, 0.3) is 6.08 Å². The van der Waals surface area contributed by atoms with Gasteiger partial charge in [-0.25, -0.2) is 0 Å². The number of rotatable bonds is 9. The third kappa shape index (κ3) is 8.18. The van der Waals surface area contributed by atoms with E-state index in [9.17, 15) is 14.4 Å². The van der Waals surface area contributed by atoms with Crippen LogP contribution in [0.15, 0.2) is 118 Å². The summed E-state index contributed by atoms with van der Waals surface area (Å²) < 4.78 is 0.906. The number of hydrogen-bond donors (Lipinski definition) is 3. The molecule has 40 heavy (non-hydrogen) atoms. The molecule has 4 aromatic carbocycles. The van der Waals surface area contributed by atoms with Crippen LogP contribution in [0.2, 0.25) is 0 Å². The fraction of sp³-hybridized carbons (Fsp3) is 0.0938. The fourth-order valence-corrected chi connectivity index (χ4v) is 4.82. The van der Waals surface area contributed by atoms with Crippen molar-refractivity contribution in [3.05, 3.63) is 130 Å². The summed E-state index contributed by atoms with van der Waals surface area (Å²) >= 11 is 4.83. The highest BCUT2D eigenvalue weighted by Gasteiger charge is 2.17. The van der Waals surface area contributed by atoms with E-state index in [1.807, 2.05) is 80.6 Å². The zero-order chi connectivity index (χ0) is 28.5. The molecule has 6 nitrogen and oxygen atoms in total. The second kappa shape index (κ2) is 13.8. The van der Waals surface area contributed by atoms with E-state index >= 15 is 0 Å². The van der Waals surface area contributed by atoms with Crippen molar-refractivity contribution < 1.29 is 14.4 Å². The van der Waals surface area contributed by atoms with E-state index in [1.54, 1.807) is 42.5 Å². The average molecular weight is 615 g/mol. The van der Waals surface area contributed by atoms with Crippen LogP contribution < -0.4 is 16.0 Å². The lowest BCUT2D eigenvalue weighted by Crippen LogP contribution is -2.30. The molecule has 0 saturated heterocycles. The van der Waals surface area contributed by atoms with Crippen LogP contribution in [-0.2, 0) is 9.59 Å². The molecule has 8 heteroatoms. The lowest BCUT2D eigenvalue weighted by molar-refractivity contribution is -0.115. The molecule has 1 atom stereocenters. The van der Waals surface area contributed by atoms with Gasteiger partial charge in [-0.1, -0.05) is 64.5 Å². The highest BCUT2D eigenvalue weighted by Crippen LogP contribution is 2.26. The number of benzene rings is 4. The first kappa shape index (κ1) is 28.9. The average Bonchev–Trinajstić information content (AvgIpc) is 2.96. The zero-order valence-electron chi connectivity index (χ0n) is 22.0. The van der Waals surface area contributed by atoms with Crippen molar-refractivity contribution >= 4 is 62.9 Å². The minimum absolute atomic E-state index is 0.0893. The quantitative estimate of drug-likeness (QED) is 0.137. The molecule has 0 aromatic heterocycles. The van der Waals surface area contributed by atoms with Gasteiger partial charge in [-0.05, 0) is 85.6 Å². The van der Waals surface area contributed by atoms with Gasteiger partial charge in [0.2, 0.25) is 5.91 Å². The Bertz CT molecular complexity index is 1520. The van der Waals surface area contributed by atoms with Gasteiger partial charge in [-0.3, -0.25) is 14.4 Å². The third-order valence-corrected chi connectivity index (χ3v) is 7.55. The van der Waals surface area contributed by atoms with E-state index < -0.39 is 5.91 Å². The van der Waals surface area contributed by atoms with Gasteiger partial charge < -0.3 is 16.0 Å². The monoisotopic (exact) mass is 613 g/mol. The number of carbonyl (C=O) groups excluding carboxylic acids is 3. The minimum Gasteiger partial charge on any atom is -0.325 e. The van der Waals surface area contributed by atoms with E-state index in [-0.39, 0.29) is 22.8 Å². The molecule has 0 heterocycles. The molecule has 0 saturated carbocycles. The van der Waals surface area contributed by atoms with Gasteiger partial charge in [0.05, 0.1) is 5.25 Å². The molecule has 0 fully saturated rings. The number of amides is 3. The molecule has 0 bridgehead atoms. The molecule has 3 amide bonds. The summed E-state index contributed by atoms with van der Waals surface area (Å²) in [4.78, 5) is 39.6. The maximum absolute atomic E-state index is 13.2. The number of carbonyl (C=O) groups is 3. The molecule has 4 rings (SSSR count). The van der Waals surface area contributed by atoms with E-state index in [1.165, 1.54) is 11.8 Å². The van der Waals surface area contributed by atoms with Crippen LogP contribution in [0, 0.1) is 6.92 Å². The number of halogens is 1. The molecule has 4 aromatic rings. The summed E-state index contributed by atoms with van der Waals surface area (Å²) in [5.74, 6) is -0.934. The third-order valence-electron chi connectivity index (χ3n) is 5.91.